The summed E-state index contributed by atoms with van der Waals surface area (Å²) in [7, 11) is 1.53. The number of para-hydroxylation sites is 1. The van der Waals surface area contributed by atoms with E-state index in [1.54, 1.807) is 43.3 Å². The molecular formula is C21H21Cl2N3O4. The molecule has 3 rings (SSSR count). The van der Waals surface area contributed by atoms with Crippen LogP contribution in [-0.2, 0) is 9.53 Å². The molecule has 0 radical (unpaired) electrons. The molecule has 1 amide bonds. The molecule has 2 aromatic carbocycles. The number of fused-ring (bicyclic) bond motifs is 1. The van der Waals surface area contributed by atoms with Crippen LogP contribution in [-0.4, -0.2) is 35.3 Å². The molecule has 1 N–H and O–H groups in total. The molecule has 1 unspecified atom stereocenters. The molecule has 3 aromatic rings. The third-order valence-electron chi connectivity index (χ3n) is 4.75. The zero-order valence-corrected chi connectivity index (χ0v) is 18.0. The van der Waals surface area contributed by atoms with Gasteiger partial charge in [-0.2, -0.15) is 0 Å². The van der Waals surface area contributed by atoms with Crippen LogP contribution in [0.25, 0.3) is 16.6 Å². The van der Waals surface area contributed by atoms with Crippen molar-refractivity contribution in [3.63, 3.8) is 0 Å². The fourth-order valence-electron chi connectivity index (χ4n) is 3.33. The van der Waals surface area contributed by atoms with Gasteiger partial charge in [-0.25, -0.2) is 9.36 Å². The number of aromatic nitrogens is 2. The minimum atomic E-state index is -0.857. The van der Waals surface area contributed by atoms with Gasteiger partial charge < -0.3 is 10.1 Å². The Morgan fingerprint density at radius 2 is 1.90 bits per heavy atom. The first kappa shape index (κ1) is 22.1. The van der Waals surface area contributed by atoms with E-state index >= 15 is 0 Å². The Morgan fingerprint density at radius 1 is 1.17 bits per heavy atom. The number of hydrogen-bond acceptors (Lipinski definition) is 4. The van der Waals surface area contributed by atoms with Gasteiger partial charge in [0.1, 0.15) is 6.04 Å². The highest BCUT2D eigenvalue weighted by molar-refractivity contribution is 6.32. The highest BCUT2D eigenvalue weighted by Gasteiger charge is 2.25. The van der Waals surface area contributed by atoms with Gasteiger partial charge in [-0.15, -0.1) is 0 Å². The first-order valence-electron chi connectivity index (χ1n) is 9.39. The molecule has 0 spiro atoms. The van der Waals surface area contributed by atoms with Crippen molar-refractivity contribution in [1.82, 2.24) is 14.5 Å². The van der Waals surface area contributed by atoms with Gasteiger partial charge in [-0.05, 0) is 36.8 Å². The molecule has 0 bridgehead atoms. The van der Waals surface area contributed by atoms with Gasteiger partial charge in [0.25, 0.3) is 5.56 Å². The molecule has 9 heteroatoms. The van der Waals surface area contributed by atoms with E-state index in [-0.39, 0.29) is 27.5 Å². The first-order valence-corrected chi connectivity index (χ1v) is 10.1. The lowest BCUT2D eigenvalue weighted by Gasteiger charge is -2.22. The highest BCUT2D eigenvalue weighted by atomic mass is 35.5. The topological polar surface area (TPSA) is 82.3 Å². The molecule has 30 heavy (non-hydrogen) atoms. The average Bonchev–Trinajstić information content (AvgIpc) is 2.72. The van der Waals surface area contributed by atoms with Crippen LogP contribution in [0, 0.1) is 0 Å². The fourth-order valence-corrected chi connectivity index (χ4v) is 3.72. The molecule has 0 saturated heterocycles. The number of benzene rings is 2. The van der Waals surface area contributed by atoms with Gasteiger partial charge in [0, 0.05) is 18.7 Å². The van der Waals surface area contributed by atoms with E-state index in [2.05, 4.69) is 5.32 Å². The van der Waals surface area contributed by atoms with Crippen molar-refractivity contribution in [2.45, 2.75) is 19.4 Å². The minimum Gasteiger partial charge on any atom is -0.383 e. The number of amides is 1. The average molecular weight is 450 g/mol. The molecule has 1 atom stereocenters. The van der Waals surface area contributed by atoms with E-state index in [0.29, 0.717) is 24.6 Å². The van der Waals surface area contributed by atoms with E-state index < -0.39 is 17.3 Å². The Balaban J connectivity index is 2.33. The minimum absolute atomic E-state index is 0.245. The SMILES string of the molecule is CCC(C(=O)NCCOC)n1c(=O)n(-c2ccccc2Cl)c(=O)c2ccc(Cl)cc21. The molecule has 0 aliphatic carbocycles. The van der Waals surface area contributed by atoms with E-state index in [1.807, 2.05) is 0 Å². The summed E-state index contributed by atoms with van der Waals surface area (Å²) in [5.74, 6) is -0.359. The summed E-state index contributed by atoms with van der Waals surface area (Å²) in [4.78, 5) is 39.6. The monoisotopic (exact) mass is 449 g/mol. The number of hydrogen-bond donors (Lipinski definition) is 1. The van der Waals surface area contributed by atoms with Crippen LogP contribution >= 0.6 is 23.2 Å². The molecule has 0 saturated carbocycles. The second-order valence-electron chi connectivity index (χ2n) is 6.61. The number of nitrogens with one attached hydrogen (secondary N) is 1. The fraction of sp³-hybridized carbons (Fsp3) is 0.286. The van der Waals surface area contributed by atoms with Gasteiger partial charge in [0.05, 0.1) is 28.2 Å². The summed E-state index contributed by atoms with van der Waals surface area (Å²) in [5.41, 5.74) is -0.675. The molecule has 0 fully saturated rings. The number of carbonyl (C=O) groups excluding carboxylic acids is 1. The first-order chi connectivity index (χ1) is 14.4. The van der Waals surface area contributed by atoms with Gasteiger partial charge in [0.15, 0.2) is 0 Å². The van der Waals surface area contributed by atoms with Crippen LogP contribution in [0.4, 0.5) is 0 Å². The Morgan fingerprint density at radius 3 is 2.57 bits per heavy atom. The lowest BCUT2D eigenvalue weighted by Crippen LogP contribution is -2.44. The van der Waals surface area contributed by atoms with Crippen LogP contribution in [0.1, 0.15) is 19.4 Å². The van der Waals surface area contributed by atoms with Crippen molar-refractivity contribution in [3.8, 4) is 5.69 Å². The van der Waals surface area contributed by atoms with Crippen molar-refractivity contribution in [1.29, 1.82) is 0 Å². The van der Waals surface area contributed by atoms with Crippen LogP contribution in [0.2, 0.25) is 10.0 Å². The summed E-state index contributed by atoms with van der Waals surface area (Å²) in [6, 6.07) is 10.3. The molecule has 1 aromatic heterocycles. The maximum absolute atomic E-state index is 13.5. The molecule has 0 aliphatic rings. The number of nitrogens with zero attached hydrogens (tertiary/aromatic N) is 2. The summed E-state index contributed by atoms with van der Waals surface area (Å²) in [6.07, 6.45) is 0.320. The molecular weight excluding hydrogens is 429 g/mol. The standard InChI is InChI=1S/C21H21Cl2N3O4/c1-3-16(19(27)24-10-11-30-2)25-18-12-13(22)8-9-14(18)20(28)26(21(25)29)17-7-5-4-6-15(17)23/h4-9,12,16H,3,10-11H2,1-2H3,(H,24,27). The number of halogens is 2. The van der Waals surface area contributed by atoms with Crippen molar-refractivity contribution in [3.05, 3.63) is 73.3 Å². The van der Waals surface area contributed by atoms with Crippen LogP contribution in [0.5, 0.6) is 0 Å². The van der Waals surface area contributed by atoms with Crippen molar-refractivity contribution < 1.29 is 9.53 Å². The van der Waals surface area contributed by atoms with Crippen molar-refractivity contribution >= 4 is 40.0 Å². The smallest absolute Gasteiger partial charge is 0.336 e. The molecule has 1 heterocycles. The Labute approximate surface area is 182 Å². The number of methoxy groups -OCH3 is 1. The lowest BCUT2D eigenvalue weighted by molar-refractivity contribution is -0.124. The molecule has 7 nitrogen and oxygen atoms in total. The largest absolute Gasteiger partial charge is 0.383 e. The second-order valence-corrected chi connectivity index (χ2v) is 7.46. The van der Waals surface area contributed by atoms with E-state index in [4.69, 9.17) is 27.9 Å². The van der Waals surface area contributed by atoms with Crippen LogP contribution in [0.15, 0.2) is 52.1 Å². The van der Waals surface area contributed by atoms with E-state index in [9.17, 15) is 14.4 Å². The Hall–Kier alpha value is -2.61. The third-order valence-corrected chi connectivity index (χ3v) is 5.30. The van der Waals surface area contributed by atoms with Crippen molar-refractivity contribution in [2.75, 3.05) is 20.3 Å². The number of carbonyl (C=O) groups is 1. The lowest BCUT2D eigenvalue weighted by atomic mass is 10.1. The third kappa shape index (κ3) is 4.14. The quantitative estimate of drug-likeness (QED) is 0.561. The van der Waals surface area contributed by atoms with Crippen LogP contribution in [0.3, 0.4) is 0 Å². The van der Waals surface area contributed by atoms with Crippen molar-refractivity contribution in [2.24, 2.45) is 0 Å². The summed E-state index contributed by atoms with van der Waals surface area (Å²) in [6.45, 7) is 2.42. The van der Waals surface area contributed by atoms with Gasteiger partial charge >= 0.3 is 5.69 Å². The summed E-state index contributed by atoms with van der Waals surface area (Å²) < 4.78 is 7.26. The maximum Gasteiger partial charge on any atom is 0.336 e. The van der Waals surface area contributed by atoms with Gasteiger partial charge in [-0.1, -0.05) is 42.3 Å². The second kappa shape index (κ2) is 9.47. The Bertz CT molecular complexity index is 1200. The van der Waals surface area contributed by atoms with Gasteiger partial charge in [0.2, 0.25) is 5.91 Å². The van der Waals surface area contributed by atoms with E-state index in [0.717, 1.165) is 4.57 Å². The zero-order chi connectivity index (χ0) is 21.8. The van der Waals surface area contributed by atoms with E-state index in [1.165, 1.54) is 17.7 Å². The molecule has 158 valence electrons. The number of ether oxygens (including phenoxy) is 1. The van der Waals surface area contributed by atoms with Crippen LogP contribution < -0.4 is 16.6 Å². The zero-order valence-electron chi connectivity index (χ0n) is 16.5. The Kier molecular flexibility index (Phi) is 6.97. The maximum atomic E-state index is 13.5. The highest BCUT2D eigenvalue weighted by Crippen LogP contribution is 2.23. The summed E-state index contributed by atoms with van der Waals surface area (Å²) in [5, 5.41) is 3.60. The summed E-state index contributed by atoms with van der Waals surface area (Å²) >= 11 is 12.4. The predicted octanol–water partition coefficient (Wildman–Crippen LogP) is 3.17. The van der Waals surface area contributed by atoms with Gasteiger partial charge in [-0.3, -0.25) is 14.2 Å². The number of rotatable bonds is 7. The predicted molar refractivity (Wildman–Crippen MR) is 118 cm³/mol. The molecule has 0 aliphatic heterocycles. The normalized spacial score (nSPS) is 12.1.